The maximum atomic E-state index is 13.2. The highest BCUT2D eigenvalue weighted by Gasteiger charge is 2.62. The van der Waals surface area contributed by atoms with Crippen LogP contribution in [0.4, 0.5) is 8.78 Å². The monoisotopic (exact) mass is 301 g/mol. The van der Waals surface area contributed by atoms with Gasteiger partial charge in [0.1, 0.15) is 6.61 Å². The Hall–Kier alpha value is -0.710. The Labute approximate surface area is 124 Å². The highest BCUT2D eigenvalue weighted by Crippen LogP contribution is 2.69. The minimum atomic E-state index is -3.23. The molecule has 4 fully saturated rings. The van der Waals surface area contributed by atoms with Crippen LogP contribution in [0.2, 0.25) is 0 Å². The van der Waals surface area contributed by atoms with Crippen LogP contribution in [0.5, 0.6) is 0 Å². The van der Waals surface area contributed by atoms with E-state index >= 15 is 0 Å². The largest absolute Gasteiger partial charge is 0.390 e. The van der Waals surface area contributed by atoms with Gasteiger partial charge < -0.3 is 10.4 Å². The van der Waals surface area contributed by atoms with Gasteiger partial charge in [0.05, 0.1) is 12.0 Å². The van der Waals surface area contributed by atoms with Gasteiger partial charge >= 0.3 is 0 Å². The first-order valence-electron chi connectivity index (χ1n) is 7.87. The van der Waals surface area contributed by atoms with Gasteiger partial charge in [0.25, 0.3) is 5.92 Å². The van der Waals surface area contributed by atoms with Crippen molar-refractivity contribution in [1.29, 1.82) is 0 Å². The summed E-state index contributed by atoms with van der Waals surface area (Å²) in [5.74, 6) is -2.90. The summed E-state index contributed by atoms with van der Waals surface area (Å²) in [7, 11) is 0. The van der Waals surface area contributed by atoms with Gasteiger partial charge in [-0.2, -0.15) is 0 Å². The molecule has 2 atom stereocenters. The Morgan fingerprint density at radius 3 is 2.24 bits per heavy atom. The number of carbonyl (C=O) groups is 1. The third-order valence-electron chi connectivity index (χ3n) is 5.85. The first-order chi connectivity index (χ1) is 9.60. The van der Waals surface area contributed by atoms with Crippen LogP contribution in [0.25, 0.3) is 0 Å². The van der Waals surface area contributed by atoms with Crippen molar-refractivity contribution in [1.82, 2.24) is 5.32 Å². The number of carbonyl (C=O) groups excluding carboxylic acids is 1. The zero-order valence-corrected chi connectivity index (χ0v) is 12.8. The van der Waals surface area contributed by atoms with Crippen LogP contribution in [-0.2, 0) is 4.79 Å². The van der Waals surface area contributed by atoms with Gasteiger partial charge in [-0.3, -0.25) is 4.79 Å². The average molecular weight is 301 g/mol. The molecule has 4 aliphatic carbocycles. The quantitative estimate of drug-likeness (QED) is 0.839. The molecule has 0 aromatic rings. The van der Waals surface area contributed by atoms with E-state index in [0.717, 1.165) is 25.7 Å². The fourth-order valence-electron chi connectivity index (χ4n) is 6.15. The Balaban J connectivity index is 1.77. The summed E-state index contributed by atoms with van der Waals surface area (Å²) in [6.45, 7) is 2.51. The first-order valence-corrected chi connectivity index (χ1v) is 7.87. The lowest BCUT2D eigenvalue weighted by molar-refractivity contribution is -0.171. The average Bonchev–Trinajstić information content (AvgIpc) is 2.31. The summed E-state index contributed by atoms with van der Waals surface area (Å²) >= 11 is 0. The number of amides is 1. The van der Waals surface area contributed by atoms with Crippen molar-refractivity contribution < 1.29 is 18.7 Å². The molecule has 4 rings (SSSR count). The fourth-order valence-corrected chi connectivity index (χ4v) is 6.15. The molecule has 0 saturated heterocycles. The van der Waals surface area contributed by atoms with E-state index in [1.807, 2.05) is 0 Å². The predicted molar refractivity (Wildman–Crippen MR) is 74.9 cm³/mol. The molecule has 4 saturated carbocycles. The van der Waals surface area contributed by atoms with E-state index in [0.29, 0.717) is 5.92 Å². The Morgan fingerprint density at radius 2 is 1.76 bits per heavy atom. The van der Waals surface area contributed by atoms with E-state index in [1.54, 1.807) is 0 Å². The summed E-state index contributed by atoms with van der Waals surface area (Å²) in [4.78, 5) is 12.6. The van der Waals surface area contributed by atoms with Gasteiger partial charge in [-0.05, 0) is 55.3 Å². The Bertz CT molecular complexity index is 447. The van der Waals surface area contributed by atoms with Crippen molar-refractivity contribution in [3.8, 4) is 0 Å². The van der Waals surface area contributed by atoms with E-state index in [2.05, 4.69) is 19.2 Å². The smallest absolute Gasteiger partial charge is 0.287 e. The second-order valence-corrected chi connectivity index (χ2v) is 8.61. The van der Waals surface area contributed by atoms with Crippen LogP contribution in [0.3, 0.4) is 0 Å². The van der Waals surface area contributed by atoms with Gasteiger partial charge in [-0.25, -0.2) is 8.78 Å². The number of hydrogen-bond donors (Lipinski definition) is 2. The van der Waals surface area contributed by atoms with Crippen LogP contribution in [0.15, 0.2) is 0 Å². The predicted octanol–water partition coefficient (Wildman–Crippen LogP) is 2.73. The summed E-state index contributed by atoms with van der Waals surface area (Å²) in [6, 6.07) is 0. The van der Waals surface area contributed by atoms with E-state index in [-0.39, 0.29) is 16.7 Å². The molecule has 5 heteroatoms. The van der Waals surface area contributed by atoms with Crippen LogP contribution >= 0.6 is 0 Å². The van der Waals surface area contributed by atoms with Crippen LogP contribution in [0.1, 0.15) is 52.4 Å². The normalized spacial score (nSPS) is 44.9. The molecule has 4 aliphatic rings. The second kappa shape index (κ2) is 4.40. The van der Waals surface area contributed by atoms with Gasteiger partial charge in [0, 0.05) is 0 Å². The zero-order chi connectivity index (χ0) is 15.5. The van der Waals surface area contributed by atoms with E-state index in [4.69, 9.17) is 5.11 Å². The Morgan fingerprint density at radius 1 is 1.19 bits per heavy atom. The van der Waals surface area contributed by atoms with Crippen molar-refractivity contribution in [2.75, 3.05) is 13.2 Å². The highest BCUT2D eigenvalue weighted by molar-refractivity contribution is 5.83. The number of halogens is 2. The molecular formula is C16H25F2NO2. The summed E-state index contributed by atoms with van der Waals surface area (Å²) < 4.78 is 26.3. The van der Waals surface area contributed by atoms with E-state index in [9.17, 15) is 13.6 Å². The zero-order valence-electron chi connectivity index (χ0n) is 12.8. The summed E-state index contributed by atoms with van der Waals surface area (Å²) in [5, 5.41) is 11.0. The van der Waals surface area contributed by atoms with Gasteiger partial charge in [0.15, 0.2) is 0 Å². The first kappa shape index (κ1) is 15.2. The number of aliphatic hydroxyl groups is 1. The molecule has 2 N–H and O–H groups in total. The van der Waals surface area contributed by atoms with Crippen LogP contribution < -0.4 is 5.32 Å². The SMILES string of the molecule is CC12CC3CC(C)(C1)CC(C(=O)NCC(F)(F)CO)(C3)C2. The fraction of sp³-hybridized carbons (Fsp3) is 0.938. The number of nitrogens with one attached hydrogen (secondary N) is 1. The van der Waals surface area contributed by atoms with Gasteiger partial charge in [0.2, 0.25) is 5.91 Å². The maximum absolute atomic E-state index is 13.2. The minimum absolute atomic E-state index is 0.186. The van der Waals surface area contributed by atoms with Crippen molar-refractivity contribution in [3.05, 3.63) is 0 Å². The van der Waals surface area contributed by atoms with Crippen molar-refractivity contribution in [2.24, 2.45) is 22.2 Å². The maximum Gasteiger partial charge on any atom is 0.287 e. The molecule has 3 nitrogen and oxygen atoms in total. The summed E-state index contributed by atoms with van der Waals surface area (Å²) in [5.41, 5.74) is -0.0928. The van der Waals surface area contributed by atoms with Crippen LogP contribution in [0, 0.1) is 22.2 Å². The number of hydrogen-bond acceptors (Lipinski definition) is 2. The number of rotatable bonds is 4. The third kappa shape index (κ3) is 2.58. The molecule has 120 valence electrons. The molecule has 2 unspecified atom stereocenters. The second-order valence-electron chi connectivity index (χ2n) is 8.61. The summed E-state index contributed by atoms with van der Waals surface area (Å²) in [6.07, 6.45) is 5.98. The number of alkyl halides is 2. The van der Waals surface area contributed by atoms with E-state index < -0.39 is 24.5 Å². The molecule has 0 heterocycles. The minimum Gasteiger partial charge on any atom is -0.390 e. The molecule has 0 aromatic heterocycles. The standard InChI is InChI=1S/C16H25F2NO2/c1-13-3-11-4-14(2,6-13)8-15(5-11,7-13)12(21)19-9-16(17,18)10-20/h11,20H,3-10H2,1-2H3,(H,19,21). The highest BCUT2D eigenvalue weighted by atomic mass is 19.3. The lowest BCUT2D eigenvalue weighted by Gasteiger charge is -2.64. The van der Waals surface area contributed by atoms with E-state index in [1.165, 1.54) is 12.8 Å². The Kier molecular flexibility index (Phi) is 3.18. The molecule has 0 spiro atoms. The number of aliphatic hydroxyl groups excluding tert-OH is 1. The van der Waals surface area contributed by atoms with Crippen LogP contribution in [-0.4, -0.2) is 30.1 Å². The van der Waals surface area contributed by atoms with Gasteiger partial charge in [-0.15, -0.1) is 0 Å². The molecule has 21 heavy (non-hydrogen) atoms. The lowest BCUT2D eigenvalue weighted by atomic mass is 9.40. The molecule has 0 radical (unpaired) electrons. The van der Waals surface area contributed by atoms with Crippen molar-refractivity contribution in [2.45, 2.75) is 58.3 Å². The van der Waals surface area contributed by atoms with Crippen molar-refractivity contribution in [3.63, 3.8) is 0 Å². The third-order valence-corrected chi connectivity index (χ3v) is 5.85. The molecule has 1 amide bonds. The topological polar surface area (TPSA) is 49.3 Å². The molecule has 0 aliphatic heterocycles. The lowest BCUT2D eigenvalue weighted by Crippen LogP contribution is -2.60. The van der Waals surface area contributed by atoms with Crippen molar-refractivity contribution >= 4 is 5.91 Å². The molecule has 4 bridgehead atoms. The molecular weight excluding hydrogens is 276 g/mol. The molecule has 0 aromatic carbocycles. The van der Waals surface area contributed by atoms with Gasteiger partial charge in [-0.1, -0.05) is 13.8 Å².